The monoisotopic (exact) mass is 359 g/mol. The Morgan fingerprint density at radius 3 is 2.83 bits per heavy atom. The van der Waals surface area contributed by atoms with Crippen LogP contribution in [0.1, 0.15) is 19.4 Å². The molecular formula is C14H18ClN3O4S. The fourth-order valence-electron chi connectivity index (χ4n) is 1.60. The summed E-state index contributed by atoms with van der Waals surface area (Å²) in [6.07, 6.45) is 0.647. The van der Waals surface area contributed by atoms with Crippen molar-refractivity contribution in [3.63, 3.8) is 0 Å². The number of thiocarbonyl (C=S) groups is 1. The molecule has 0 heterocycles. The van der Waals surface area contributed by atoms with Crippen LogP contribution in [0, 0.1) is 0 Å². The molecule has 3 N–H and O–H groups in total. The number of nitrogens with two attached hydrogens (primary N) is 1. The van der Waals surface area contributed by atoms with Crippen LogP contribution in [0.2, 0.25) is 5.02 Å². The molecule has 0 aliphatic heterocycles. The molecule has 1 aromatic carbocycles. The van der Waals surface area contributed by atoms with Crippen molar-refractivity contribution in [3.8, 4) is 11.5 Å². The van der Waals surface area contributed by atoms with Crippen LogP contribution in [0.5, 0.6) is 11.5 Å². The number of carbonyl (C=O) groups excluding carboxylic acids is 1. The largest absolute Gasteiger partial charge is 0.490 e. The van der Waals surface area contributed by atoms with E-state index in [0.717, 1.165) is 0 Å². The molecule has 0 aliphatic carbocycles. The average Bonchev–Trinajstić information content (AvgIpc) is 2.49. The lowest BCUT2D eigenvalue weighted by atomic mass is 10.2. The summed E-state index contributed by atoms with van der Waals surface area (Å²) in [6.45, 7) is 3.76. The van der Waals surface area contributed by atoms with Crippen LogP contribution in [-0.4, -0.2) is 37.1 Å². The van der Waals surface area contributed by atoms with Crippen LogP contribution in [-0.2, 0) is 9.53 Å². The molecule has 1 aromatic rings. The van der Waals surface area contributed by atoms with Crippen LogP contribution >= 0.6 is 23.8 Å². The van der Waals surface area contributed by atoms with Gasteiger partial charge in [0.2, 0.25) is 0 Å². The van der Waals surface area contributed by atoms with E-state index in [0.29, 0.717) is 17.9 Å². The topological polar surface area (TPSA) is 95.2 Å². The van der Waals surface area contributed by atoms with Crippen molar-refractivity contribution in [1.29, 1.82) is 0 Å². The molecule has 7 nitrogen and oxygen atoms in total. The molecule has 0 fully saturated rings. The summed E-state index contributed by atoms with van der Waals surface area (Å²) in [4.78, 5) is 11.5. The fourth-order valence-corrected chi connectivity index (χ4v) is 1.92. The number of hydrogen-bond acceptors (Lipinski definition) is 6. The number of nitrogens with one attached hydrogen (secondary N) is 1. The normalized spacial score (nSPS) is 11.8. The van der Waals surface area contributed by atoms with Gasteiger partial charge in [-0.2, -0.15) is 5.10 Å². The number of halogens is 1. The molecule has 23 heavy (non-hydrogen) atoms. The van der Waals surface area contributed by atoms with Crippen molar-refractivity contribution >= 4 is 41.1 Å². The zero-order valence-corrected chi connectivity index (χ0v) is 14.5. The molecule has 1 atom stereocenters. The maximum Gasteiger partial charge on any atom is 0.346 e. The molecule has 0 saturated heterocycles. The number of benzene rings is 1. The molecule has 0 saturated carbocycles. The van der Waals surface area contributed by atoms with E-state index in [-0.39, 0.29) is 15.9 Å². The second-order valence-corrected chi connectivity index (χ2v) is 5.13. The highest BCUT2D eigenvalue weighted by molar-refractivity contribution is 7.80. The van der Waals surface area contributed by atoms with E-state index in [9.17, 15) is 4.79 Å². The number of hydrazone groups is 1. The predicted octanol–water partition coefficient (Wildman–Crippen LogP) is 1.85. The van der Waals surface area contributed by atoms with Crippen molar-refractivity contribution in [1.82, 2.24) is 5.43 Å². The Balaban J connectivity index is 3.08. The first-order valence-electron chi connectivity index (χ1n) is 6.68. The van der Waals surface area contributed by atoms with Gasteiger partial charge in [0.25, 0.3) is 0 Å². The van der Waals surface area contributed by atoms with Crippen LogP contribution < -0.4 is 20.6 Å². The molecule has 0 radical (unpaired) electrons. The predicted molar refractivity (Wildman–Crippen MR) is 92.2 cm³/mol. The minimum absolute atomic E-state index is 0.0456. The lowest BCUT2D eigenvalue weighted by Gasteiger charge is -2.17. The van der Waals surface area contributed by atoms with Crippen molar-refractivity contribution in [3.05, 3.63) is 22.7 Å². The van der Waals surface area contributed by atoms with E-state index in [1.807, 2.05) is 6.92 Å². The van der Waals surface area contributed by atoms with Gasteiger partial charge in [-0.05, 0) is 43.8 Å². The third-order valence-electron chi connectivity index (χ3n) is 2.55. The number of ether oxygens (including phenoxy) is 3. The quantitative estimate of drug-likeness (QED) is 0.332. The second-order valence-electron chi connectivity index (χ2n) is 4.28. The summed E-state index contributed by atoms with van der Waals surface area (Å²) in [7, 11) is 1.28. The van der Waals surface area contributed by atoms with Gasteiger partial charge in [0, 0.05) is 0 Å². The highest BCUT2D eigenvalue weighted by Gasteiger charge is 2.20. The standard InChI is InChI=1S/C14H18ClN3O4S/c1-4-21-11-6-9(7-17-18-14(16)23)5-10(15)12(11)22-8(2)13(19)20-3/h5-8H,4H2,1-3H3,(H3,16,18,23). The van der Waals surface area contributed by atoms with Gasteiger partial charge < -0.3 is 19.9 Å². The van der Waals surface area contributed by atoms with Gasteiger partial charge in [0.15, 0.2) is 22.7 Å². The Morgan fingerprint density at radius 2 is 2.26 bits per heavy atom. The van der Waals surface area contributed by atoms with E-state index < -0.39 is 12.1 Å². The first-order valence-corrected chi connectivity index (χ1v) is 7.47. The second kappa shape index (κ2) is 9.16. The zero-order valence-electron chi connectivity index (χ0n) is 13.0. The summed E-state index contributed by atoms with van der Waals surface area (Å²) < 4.78 is 15.7. The number of nitrogens with zero attached hydrogens (tertiary/aromatic N) is 1. The van der Waals surface area contributed by atoms with Gasteiger partial charge in [0.05, 0.1) is 25.0 Å². The van der Waals surface area contributed by atoms with E-state index in [1.165, 1.54) is 13.3 Å². The van der Waals surface area contributed by atoms with Gasteiger partial charge in [-0.1, -0.05) is 11.6 Å². The van der Waals surface area contributed by atoms with E-state index >= 15 is 0 Å². The van der Waals surface area contributed by atoms with E-state index in [2.05, 4.69) is 27.5 Å². The number of esters is 1. The van der Waals surface area contributed by atoms with Crippen molar-refractivity contribution in [2.45, 2.75) is 20.0 Å². The fraction of sp³-hybridized carbons (Fsp3) is 0.357. The van der Waals surface area contributed by atoms with Gasteiger partial charge in [-0.25, -0.2) is 4.79 Å². The molecule has 126 valence electrons. The van der Waals surface area contributed by atoms with Crippen molar-refractivity contribution in [2.24, 2.45) is 10.8 Å². The minimum atomic E-state index is -0.826. The average molecular weight is 360 g/mol. The third kappa shape index (κ3) is 5.91. The SMILES string of the molecule is CCOc1cc(C=NNC(N)=S)cc(Cl)c1OC(C)C(=O)OC. The molecule has 0 aliphatic rings. The summed E-state index contributed by atoms with van der Waals surface area (Å²) >= 11 is 10.9. The molecule has 1 unspecified atom stereocenters. The van der Waals surface area contributed by atoms with Crippen molar-refractivity contribution in [2.75, 3.05) is 13.7 Å². The lowest BCUT2D eigenvalue weighted by molar-refractivity contribution is -0.147. The van der Waals surface area contributed by atoms with Crippen LogP contribution in [0.4, 0.5) is 0 Å². The number of methoxy groups -OCH3 is 1. The number of rotatable bonds is 7. The molecule has 0 amide bonds. The molecule has 9 heteroatoms. The highest BCUT2D eigenvalue weighted by atomic mass is 35.5. The Morgan fingerprint density at radius 1 is 1.57 bits per heavy atom. The highest BCUT2D eigenvalue weighted by Crippen LogP contribution is 2.37. The molecule has 0 aromatic heterocycles. The molecular weight excluding hydrogens is 342 g/mol. The van der Waals surface area contributed by atoms with Gasteiger partial charge >= 0.3 is 5.97 Å². The Kier molecular flexibility index (Phi) is 7.56. The van der Waals surface area contributed by atoms with Crippen LogP contribution in [0.3, 0.4) is 0 Å². The maximum absolute atomic E-state index is 11.5. The van der Waals surface area contributed by atoms with Gasteiger partial charge in [-0.15, -0.1) is 0 Å². The first kappa shape index (κ1) is 19.0. The Bertz CT molecular complexity index is 610. The lowest BCUT2D eigenvalue weighted by Crippen LogP contribution is -2.25. The van der Waals surface area contributed by atoms with E-state index in [1.54, 1.807) is 19.1 Å². The summed E-state index contributed by atoms with van der Waals surface area (Å²) in [5, 5.41) is 4.16. The number of carbonyl (C=O) groups is 1. The van der Waals surface area contributed by atoms with Crippen LogP contribution in [0.25, 0.3) is 0 Å². The summed E-state index contributed by atoms with van der Waals surface area (Å²) in [5.74, 6) is 0.119. The van der Waals surface area contributed by atoms with Crippen molar-refractivity contribution < 1.29 is 19.0 Å². The van der Waals surface area contributed by atoms with Gasteiger partial charge in [0.1, 0.15) is 0 Å². The minimum Gasteiger partial charge on any atom is -0.490 e. The Hall–Kier alpha value is -2.06. The summed E-state index contributed by atoms with van der Waals surface area (Å²) in [5.41, 5.74) is 8.35. The molecule has 0 bridgehead atoms. The third-order valence-corrected chi connectivity index (χ3v) is 2.92. The smallest absolute Gasteiger partial charge is 0.346 e. The number of hydrogen-bond donors (Lipinski definition) is 2. The Labute approximate surface area is 144 Å². The van der Waals surface area contributed by atoms with Gasteiger partial charge in [-0.3, -0.25) is 5.43 Å². The summed E-state index contributed by atoms with van der Waals surface area (Å²) in [6, 6.07) is 3.27. The first-order chi connectivity index (χ1) is 10.9. The maximum atomic E-state index is 11.5. The van der Waals surface area contributed by atoms with E-state index in [4.69, 9.17) is 26.8 Å². The molecule has 0 spiro atoms. The zero-order chi connectivity index (χ0) is 17.4. The van der Waals surface area contributed by atoms with Crippen LogP contribution in [0.15, 0.2) is 17.2 Å². The molecule has 1 rings (SSSR count).